The van der Waals surface area contributed by atoms with Crippen LogP contribution in [0.1, 0.15) is 37.8 Å². The lowest BCUT2D eigenvalue weighted by Crippen LogP contribution is -2.57. The molecule has 0 aliphatic carbocycles. The average molecular weight is 588 g/mol. The molecule has 1 N–H and O–H groups in total. The number of hydrogen-bond donors (Lipinski definition) is 1. The highest BCUT2D eigenvalue weighted by Crippen LogP contribution is 2.65. The molecule has 43 heavy (non-hydrogen) atoms. The number of rotatable bonds is 12. The fraction of sp³-hybridized carbons (Fsp3) is 0.441. The van der Waals surface area contributed by atoms with Crippen LogP contribution in [0, 0.1) is 11.8 Å². The van der Waals surface area contributed by atoms with Crippen LogP contribution in [0.4, 0.5) is 5.69 Å². The molecule has 2 aromatic rings. The summed E-state index contributed by atoms with van der Waals surface area (Å²) in [6.07, 6.45) is 4.79. The number of benzene rings is 2. The van der Waals surface area contributed by atoms with Crippen LogP contribution < -0.4 is 9.64 Å². The number of amides is 3. The zero-order valence-corrected chi connectivity index (χ0v) is 25.1. The molecule has 3 aliphatic rings. The molecule has 0 saturated carbocycles. The van der Waals surface area contributed by atoms with Crippen molar-refractivity contribution in [3.8, 4) is 5.75 Å². The largest absolute Gasteiger partial charge is 0.497 e. The van der Waals surface area contributed by atoms with Crippen molar-refractivity contribution >= 4 is 23.4 Å². The molecule has 6 atom stereocenters. The highest BCUT2D eigenvalue weighted by Gasteiger charge is 2.79. The van der Waals surface area contributed by atoms with Crippen molar-refractivity contribution in [1.82, 2.24) is 9.80 Å². The van der Waals surface area contributed by atoms with Gasteiger partial charge in [0.15, 0.2) is 0 Å². The maximum atomic E-state index is 14.9. The number of hydrogen-bond acceptors (Lipinski definition) is 6. The first-order chi connectivity index (χ1) is 20.7. The number of aliphatic hydroxyl groups is 1. The predicted molar refractivity (Wildman–Crippen MR) is 163 cm³/mol. The van der Waals surface area contributed by atoms with Crippen molar-refractivity contribution < 1.29 is 29.0 Å². The van der Waals surface area contributed by atoms with Gasteiger partial charge in [0.1, 0.15) is 17.4 Å². The molecule has 9 heteroatoms. The monoisotopic (exact) mass is 587 g/mol. The number of carbonyl (C=O) groups excluding carboxylic acids is 3. The minimum absolute atomic E-state index is 0.183. The summed E-state index contributed by atoms with van der Waals surface area (Å²) in [5, 5.41) is 10.8. The lowest BCUT2D eigenvalue weighted by atomic mass is 9.64. The predicted octanol–water partition coefficient (Wildman–Crippen LogP) is 3.75. The number of likely N-dealkylation sites (N-methyl/N-ethyl adjacent to an activating group) is 1. The van der Waals surface area contributed by atoms with Crippen LogP contribution >= 0.6 is 0 Å². The van der Waals surface area contributed by atoms with Gasteiger partial charge >= 0.3 is 0 Å². The average Bonchev–Trinajstić information content (AvgIpc) is 3.64. The summed E-state index contributed by atoms with van der Waals surface area (Å²) >= 11 is 0. The molecule has 9 nitrogen and oxygen atoms in total. The number of anilines is 1. The zero-order chi connectivity index (χ0) is 30.9. The van der Waals surface area contributed by atoms with Gasteiger partial charge < -0.3 is 29.3 Å². The van der Waals surface area contributed by atoms with E-state index in [9.17, 15) is 19.5 Å². The number of nitrogens with zero attached hydrogens (tertiary/aromatic N) is 3. The van der Waals surface area contributed by atoms with E-state index in [1.807, 2.05) is 37.3 Å². The molecule has 2 bridgehead atoms. The minimum atomic E-state index is -1.24. The highest BCUT2D eigenvalue weighted by molar-refractivity contribution is 6.05. The van der Waals surface area contributed by atoms with Gasteiger partial charge in [0.2, 0.25) is 11.8 Å². The Morgan fingerprint density at radius 1 is 1.09 bits per heavy atom. The van der Waals surface area contributed by atoms with Crippen LogP contribution in [0.5, 0.6) is 5.75 Å². The van der Waals surface area contributed by atoms with E-state index in [0.717, 1.165) is 0 Å². The molecule has 2 aromatic carbocycles. The second kappa shape index (κ2) is 12.0. The Labute approximate surface area is 253 Å². The summed E-state index contributed by atoms with van der Waals surface area (Å²) in [5.74, 6) is -1.91. The minimum Gasteiger partial charge on any atom is -0.497 e. The number of likely N-dealkylation sites (tertiary alicyclic amines) is 1. The third-order valence-electron chi connectivity index (χ3n) is 9.55. The Hall–Kier alpha value is -3.95. The van der Waals surface area contributed by atoms with Gasteiger partial charge in [0, 0.05) is 25.8 Å². The fourth-order valence-corrected chi connectivity index (χ4v) is 7.56. The van der Waals surface area contributed by atoms with Crippen LogP contribution in [-0.2, 0) is 19.1 Å². The Kier molecular flexibility index (Phi) is 8.49. The molecule has 5 rings (SSSR count). The second-order valence-electron chi connectivity index (χ2n) is 11.6. The molecule has 3 amide bonds. The molecule has 3 aliphatic heterocycles. The summed E-state index contributed by atoms with van der Waals surface area (Å²) < 4.78 is 12.3. The molecule has 228 valence electrons. The van der Waals surface area contributed by atoms with Gasteiger partial charge in [-0.25, -0.2) is 0 Å². The van der Waals surface area contributed by atoms with Gasteiger partial charge in [-0.3, -0.25) is 14.4 Å². The number of methoxy groups -OCH3 is 1. The van der Waals surface area contributed by atoms with Crippen LogP contribution in [-0.4, -0.2) is 83.7 Å². The summed E-state index contributed by atoms with van der Waals surface area (Å²) in [5.41, 5.74) is -0.816. The maximum Gasteiger partial charge on any atom is 0.253 e. The first-order valence-corrected chi connectivity index (χ1v) is 14.8. The van der Waals surface area contributed by atoms with E-state index in [4.69, 9.17) is 9.47 Å². The normalized spacial score (nSPS) is 27.9. The van der Waals surface area contributed by atoms with Gasteiger partial charge in [0.05, 0.1) is 37.2 Å². The first-order valence-electron chi connectivity index (χ1n) is 14.8. The molecule has 2 unspecified atom stereocenters. The molecular formula is C34H41N3O6. The molecule has 3 fully saturated rings. The van der Waals surface area contributed by atoms with Gasteiger partial charge in [-0.05, 0) is 49.1 Å². The van der Waals surface area contributed by atoms with Crippen LogP contribution in [0.15, 0.2) is 79.9 Å². The van der Waals surface area contributed by atoms with Crippen molar-refractivity contribution in [3.05, 3.63) is 85.5 Å². The standard InChI is InChI=1S/C34H41N3O6/c1-6-20-35(4)30(39)27-28-31(40)37(26(22-38)23-12-10-9-11-13-23)29(34(28)19-18-33(27,8-3)43-34)32(41)36(21-7-2)24-14-16-25(42-5)17-15-24/h6-7,9-17,26-29,38H,1-2,8,18-22H2,3-5H3/t26-,27-,28+,29?,33+,34?/m1/s1. The highest BCUT2D eigenvalue weighted by atomic mass is 16.5. The quantitative estimate of drug-likeness (QED) is 0.380. The number of fused-ring (bicyclic) bond motifs is 1. The van der Waals surface area contributed by atoms with E-state index in [2.05, 4.69) is 13.2 Å². The van der Waals surface area contributed by atoms with Crippen LogP contribution in [0.2, 0.25) is 0 Å². The Morgan fingerprint density at radius 2 is 1.77 bits per heavy atom. The van der Waals surface area contributed by atoms with Crippen LogP contribution in [0.3, 0.4) is 0 Å². The van der Waals surface area contributed by atoms with Gasteiger partial charge in [-0.1, -0.05) is 49.4 Å². The van der Waals surface area contributed by atoms with E-state index in [0.29, 0.717) is 42.8 Å². The summed E-state index contributed by atoms with van der Waals surface area (Å²) in [4.78, 5) is 48.4. The molecule has 3 heterocycles. The van der Waals surface area contributed by atoms with E-state index < -0.39 is 41.7 Å². The third kappa shape index (κ3) is 4.75. The number of ether oxygens (including phenoxy) is 2. The Bertz CT molecular complexity index is 1380. The van der Waals surface area contributed by atoms with E-state index in [1.54, 1.807) is 60.4 Å². The third-order valence-corrected chi connectivity index (χ3v) is 9.55. The summed E-state index contributed by atoms with van der Waals surface area (Å²) in [6, 6.07) is 14.4. The smallest absolute Gasteiger partial charge is 0.253 e. The van der Waals surface area contributed by atoms with Crippen molar-refractivity contribution in [2.24, 2.45) is 11.8 Å². The molecule has 0 aromatic heterocycles. The topological polar surface area (TPSA) is 99.6 Å². The lowest BCUT2D eigenvalue weighted by molar-refractivity contribution is -0.153. The van der Waals surface area contributed by atoms with Crippen molar-refractivity contribution in [1.29, 1.82) is 0 Å². The summed E-state index contributed by atoms with van der Waals surface area (Å²) in [6.45, 7) is 9.72. The molecular weight excluding hydrogens is 546 g/mol. The van der Waals surface area contributed by atoms with Crippen molar-refractivity contribution in [3.63, 3.8) is 0 Å². The molecule has 3 saturated heterocycles. The maximum absolute atomic E-state index is 14.9. The molecule has 1 spiro atoms. The second-order valence-corrected chi connectivity index (χ2v) is 11.6. The first kappa shape index (κ1) is 30.5. The Morgan fingerprint density at radius 3 is 2.35 bits per heavy atom. The van der Waals surface area contributed by atoms with Crippen molar-refractivity contribution in [2.75, 3.05) is 38.8 Å². The van der Waals surface area contributed by atoms with E-state index in [1.165, 1.54) is 4.90 Å². The molecule has 0 radical (unpaired) electrons. The SMILES string of the molecule is C=CCN(C)C(=O)[C@H]1[C@H]2C(=O)N([C@H](CO)c3ccccc3)C(C(=O)N(CC=C)c3ccc(OC)cc3)C23CC[C@]1(CC)O3. The van der Waals surface area contributed by atoms with Gasteiger partial charge in [0.25, 0.3) is 5.91 Å². The van der Waals surface area contributed by atoms with Gasteiger partial charge in [-0.15, -0.1) is 13.2 Å². The fourth-order valence-electron chi connectivity index (χ4n) is 7.56. The van der Waals surface area contributed by atoms with Gasteiger partial charge in [-0.2, -0.15) is 0 Å². The van der Waals surface area contributed by atoms with Crippen molar-refractivity contribution in [2.45, 2.75) is 49.5 Å². The number of carbonyl (C=O) groups is 3. The lowest BCUT2D eigenvalue weighted by Gasteiger charge is -2.39. The number of aliphatic hydroxyl groups excluding tert-OH is 1. The zero-order valence-electron chi connectivity index (χ0n) is 25.1. The van der Waals surface area contributed by atoms with E-state index in [-0.39, 0.29) is 24.3 Å². The van der Waals surface area contributed by atoms with Crippen LogP contribution in [0.25, 0.3) is 0 Å². The van der Waals surface area contributed by atoms with E-state index >= 15 is 0 Å². The summed E-state index contributed by atoms with van der Waals surface area (Å²) in [7, 11) is 3.27. The Balaban J connectivity index is 1.67.